The Morgan fingerprint density at radius 3 is 2.16 bits per heavy atom. The van der Waals surface area contributed by atoms with Gasteiger partial charge in [-0.15, -0.1) is 11.3 Å². The van der Waals surface area contributed by atoms with Crippen LogP contribution in [0.2, 0.25) is 0 Å². The Morgan fingerprint density at radius 1 is 0.839 bits per heavy atom. The SMILES string of the molecule is Cc1ccc(N2C(=O)C(Nc3ccc(N4CCCC4)cc3)=C(c3cccs3)C2=O)cc1. The van der Waals surface area contributed by atoms with E-state index in [9.17, 15) is 9.59 Å². The van der Waals surface area contributed by atoms with Crippen molar-refractivity contribution >= 4 is 45.8 Å². The molecule has 2 aromatic carbocycles. The fraction of sp³-hybridized carbons (Fsp3) is 0.200. The van der Waals surface area contributed by atoms with E-state index in [1.54, 1.807) is 0 Å². The van der Waals surface area contributed by atoms with Crippen molar-refractivity contribution in [1.29, 1.82) is 0 Å². The van der Waals surface area contributed by atoms with Gasteiger partial charge in [0.1, 0.15) is 5.70 Å². The van der Waals surface area contributed by atoms with Crippen LogP contribution in [0.1, 0.15) is 23.3 Å². The quantitative estimate of drug-likeness (QED) is 0.577. The number of rotatable bonds is 5. The predicted molar refractivity (Wildman–Crippen MR) is 126 cm³/mol. The van der Waals surface area contributed by atoms with Crippen LogP contribution in [-0.2, 0) is 9.59 Å². The number of thiophene rings is 1. The third-order valence-electron chi connectivity index (χ3n) is 5.75. The highest BCUT2D eigenvalue weighted by molar-refractivity contribution is 7.11. The number of hydrogen-bond acceptors (Lipinski definition) is 5. The molecule has 3 aromatic rings. The molecule has 0 spiro atoms. The molecule has 5 rings (SSSR count). The monoisotopic (exact) mass is 429 g/mol. The molecular formula is C25H23N3O2S. The van der Waals surface area contributed by atoms with E-state index in [0.717, 1.165) is 29.2 Å². The van der Waals surface area contributed by atoms with Gasteiger partial charge in [0.05, 0.1) is 11.3 Å². The highest BCUT2D eigenvalue weighted by Gasteiger charge is 2.40. The zero-order chi connectivity index (χ0) is 21.4. The average Bonchev–Trinajstić information content (AvgIpc) is 3.53. The van der Waals surface area contributed by atoms with Crippen LogP contribution in [0.25, 0.3) is 5.57 Å². The molecule has 0 radical (unpaired) electrons. The summed E-state index contributed by atoms with van der Waals surface area (Å²) in [7, 11) is 0. The lowest BCUT2D eigenvalue weighted by Gasteiger charge is -2.18. The molecular weight excluding hydrogens is 406 g/mol. The molecule has 0 bridgehead atoms. The van der Waals surface area contributed by atoms with Crippen molar-refractivity contribution in [2.24, 2.45) is 0 Å². The van der Waals surface area contributed by atoms with E-state index in [-0.39, 0.29) is 11.8 Å². The van der Waals surface area contributed by atoms with Gasteiger partial charge in [0, 0.05) is 29.3 Å². The number of nitrogens with one attached hydrogen (secondary N) is 1. The highest BCUT2D eigenvalue weighted by atomic mass is 32.1. The highest BCUT2D eigenvalue weighted by Crippen LogP contribution is 2.35. The van der Waals surface area contributed by atoms with E-state index in [1.165, 1.54) is 34.8 Å². The molecule has 3 heterocycles. The van der Waals surface area contributed by atoms with Gasteiger partial charge in [-0.1, -0.05) is 23.8 Å². The van der Waals surface area contributed by atoms with Gasteiger partial charge in [-0.3, -0.25) is 9.59 Å². The second kappa shape index (κ2) is 8.04. The van der Waals surface area contributed by atoms with E-state index in [4.69, 9.17) is 0 Å². The van der Waals surface area contributed by atoms with Gasteiger partial charge < -0.3 is 10.2 Å². The summed E-state index contributed by atoms with van der Waals surface area (Å²) in [6.45, 7) is 4.14. The number of carbonyl (C=O) groups is 2. The number of carbonyl (C=O) groups excluding carboxylic acids is 2. The molecule has 1 fully saturated rings. The molecule has 0 atom stereocenters. The summed E-state index contributed by atoms with van der Waals surface area (Å²) >= 11 is 1.45. The first kappa shape index (κ1) is 19.6. The van der Waals surface area contributed by atoms with E-state index in [1.807, 2.05) is 60.8 Å². The molecule has 2 amide bonds. The average molecular weight is 430 g/mol. The number of hydrogen-bond donors (Lipinski definition) is 1. The van der Waals surface area contributed by atoms with E-state index in [2.05, 4.69) is 22.3 Å². The number of imide groups is 1. The molecule has 0 saturated carbocycles. The molecule has 31 heavy (non-hydrogen) atoms. The number of amides is 2. The van der Waals surface area contributed by atoms with Gasteiger partial charge in [0.2, 0.25) is 0 Å². The van der Waals surface area contributed by atoms with Gasteiger partial charge in [-0.05, 0) is 67.6 Å². The van der Waals surface area contributed by atoms with Crippen LogP contribution in [-0.4, -0.2) is 24.9 Å². The maximum Gasteiger partial charge on any atom is 0.282 e. The molecule has 1 N–H and O–H groups in total. The Balaban J connectivity index is 1.48. The summed E-state index contributed by atoms with van der Waals surface area (Å²) < 4.78 is 0. The normalized spacial score (nSPS) is 16.5. The molecule has 0 aliphatic carbocycles. The molecule has 1 saturated heterocycles. The molecule has 6 heteroatoms. The van der Waals surface area contributed by atoms with Crippen LogP contribution in [0.3, 0.4) is 0 Å². The van der Waals surface area contributed by atoms with Crippen molar-refractivity contribution in [3.05, 3.63) is 82.2 Å². The maximum absolute atomic E-state index is 13.4. The van der Waals surface area contributed by atoms with Crippen molar-refractivity contribution < 1.29 is 9.59 Å². The Labute approximate surface area is 185 Å². The van der Waals surface area contributed by atoms with Crippen LogP contribution in [0.15, 0.2) is 71.7 Å². The molecule has 5 nitrogen and oxygen atoms in total. The van der Waals surface area contributed by atoms with Crippen LogP contribution in [0, 0.1) is 6.92 Å². The Morgan fingerprint density at radius 2 is 1.52 bits per heavy atom. The lowest BCUT2D eigenvalue weighted by atomic mass is 10.1. The lowest BCUT2D eigenvalue weighted by Crippen LogP contribution is -2.32. The Hall–Kier alpha value is -3.38. The third kappa shape index (κ3) is 3.64. The Kier molecular flexibility index (Phi) is 5.08. The zero-order valence-corrected chi connectivity index (χ0v) is 18.1. The van der Waals surface area contributed by atoms with Gasteiger partial charge in [-0.2, -0.15) is 0 Å². The van der Waals surface area contributed by atoms with Crippen molar-refractivity contribution in [3.8, 4) is 0 Å². The van der Waals surface area contributed by atoms with E-state index < -0.39 is 0 Å². The van der Waals surface area contributed by atoms with Gasteiger partial charge >= 0.3 is 0 Å². The first-order chi connectivity index (χ1) is 15.1. The van der Waals surface area contributed by atoms with Gasteiger partial charge in [0.25, 0.3) is 11.8 Å². The minimum atomic E-state index is -0.333. The van der Waals surface area contributed by atoms with Gasteiger partial charge in [0.15, 0.2) is 0 Å². The number of aryl methyl sites for hydroxylation is 1. The van der Waals surface area contributed by atoms with Crippen LogP contribution in [0.4, 0.5) is 17.1 Å². The lowest BCUT2D eigenvalue weighted by molar-refractivity contribution is -0.120. The van der Waals surface area contributed by atoms with Crippen LogP contribution < -0.4 is 15.1 Å². The maximum atomic E-state index is 13.4. The predicted octanol–water partition coefficient (Wildman–Crippen LogP) is 5.05. The summed E-state index contributed by atoms with van der Waals surface area (Å²) in [5, 5.41) is 5.16. The third-order valence-corrected chi connectivity index (χ3v) is 6.64. The molecule has 2 aliphatic heterocycles. The summed E-state index contributed by atoms with van der Waals surface area (Å²) in [4.78, 5) is 31.1. The zero-order valence-electron chi connectivity index (χ0n) is 17.3. The number of benzene rings is 2. The first-order valence-electron chi connectivity index (χ1n) is 10.5. The number of anilines is 3. The van der Waals surface area contributed by atoms with E-state index >= 15 is 0 Å². The van der Waals surface area contributed by atoms with Crippen molar-refractivity contribution in [2.75, 3.05) is 28.2 Å². The second-order valence-electron chi connectivity index (χ2n) is 7.87. The summed E-state index contributed by atoms with van der Waals surface area (Å²) in [5.74, 6) is -0.631. The van der Waals surface area contributed by atoms with E-state index in [0.29, 0.717) is 17.0 Å². The molecule has 0 unspecified atom stereocenters. The largest absolute Gasteiger partial charge is 0.372 e. The summed E-state index contributed by atoms with van der Waals surface area (Å²) in [6.07, 6.45) is 2.45. The summed E-state index contributed by atoms with van der Waals surface area (Å²) in [6, 6.07) is 19.3. The van der Waals surface area contributed by atoms with Crippen LogP contribution in [0.5, 0.6) is 0 Å². The smallest absolute Gasteiger partial charge is 0.282 e. The first-order valence-corrected chi connectivity index (χ1v) is 11.4. The van der Waals surface area contributed by atoms with Crippen molar-refractivity contribution in [2.45, 2.75) is 19.8 Å². The number of nitrogens with zero attached hydrogens (tertiary/aromatic N) is 2. The summed E-state index contributed by atoms with van der Waals surface area (Å²) in [5.41, 5.74) is 4.37. The molecule has 2 aliphatic rings. The second-order valence-corrected chi connectivity index (χ2v) is 8.82. The Bertz CT molecular complexity index is 1140. The minimum Gasteiger partial charge on any atom is -0.372 e. The van der Waals surface area contributed by atoms with Crippen molar-refractivity contribution in [1.82, 2.24) is 0 Å². The molecule has 156 valence electrons. The van der Waals surface area contributed by atoms with Gasteiger partial charge in [-0.25, -0.2) is 4.90 Å². The fourth-order valence-electron chi connectivity index (χ4n) is 4.10. The topological polar surface area (TPSA) is 52.7 Å². The molecule has 1 aromatic heterocycles. The van der Waals surface area contributed by atoms with Crippen molar-refractivity contribution in [3.63, 3.8) is 0 Å². The standard InChI is InChI=1S/C25H23N3O2S/c1-17-6-10-20(11-7-17)28-24(29)22(21-5-4-16-31-21)23(25(28)30)26-18-8-12-19(13-9-18)27-14-2-3-15-27/h4-13,16,26H,2-3,14-15H2,1H3. The van der Waals surface area contributed by atoms with Crippen LogP contribution >= 0.6 is 11.3 Å². The fourth-order valence-corrected chi connectivity index (χ4v) is 4.87. The minimum absolute atomic E-state index is 0.299.